The molecule has 0 atom stereocenters. The quantitative estimate of drug-likeness (QED) is 0.594. The van der Waals surface area contributed by atoms with Crippen LogP contribution in [0, 0.1) is 12.3 Å². The van der Waals surface area contributed by atoms with Crippen molar-refractivity contribution < 1.29 is 23.5 Å². The number of esters is 1. The standard InChI is InChI=1S/C13H17NO5/c1-9-4-5-10(19-9)6-14(2)11(15)13(7-18-8-13)12(16)17-3/h4-5H,6-8H2,1-3H3. The van der Waals surface area contributed by atoms with E-state index < -0.39 is 11.4 Å². The summed E-state index contributed by atoms with van der Waals surface area (Å²) in [5.41, 5.74) is -1.19. The molecule has 1 saturated heterocycles. The van der Waals surface area contributed by atoms with Crippen molar-refractivity contribution in [2.45, 2.75) is 13.5 Å². The minimum atomic E-state index is -1.19. The van der Waals surface area contributed by atoms with Crippen LogP contribution in [0.1, 0.15) is 11.5 Å². The highest BCUT2D eigenvalue weighted by Gasteiger charge is 2.55. The molecule has 2 rings (SSSR count). The Morgan fingerprint density at radius 1 is 1.42 bits per heavy atom. The molecule has 0 N–H and O–H groups in total. The fourth-order valence-corrected chi connectivity index (χ4v) is 2.07. The van der Waals surface area contributed by atoms with Crippen LogP contribution in [0.25, 0.3) is 0 Å². The van der Waals surface area contributed by atoms with Crippen LogP contribution in [0.3, 0.4) is 0 Å². The molecule has 0 aromatic carbocycles. The first kappa shape index (κ1) is 13.6. The zero-order chi connectivity index (χ0) is 14.0. The molecule has 6 nitrogen and oxygen atoms in total. The number of furan rings is 1. The largest absolute Gasteiger partial charge is 0.468 e. The van der Waals surface area contributed by atoms with Gasteiger partial charge in [0.25, 0.3) is 0 Å². The Labute approximate surface area is 111 Å². The van der Waals surface area contributed by atoms with Gasteiger partial charge in [-0.25, -0.2) is 0 Å². The number of ether oxygens (including phenoxy) is 2. The predicted molar refractivity (Wildman–Crippen MR) is 65.2 cm³/mol. The normalized spacial score (nSPS) is 16.6. The van der Waals surface area contributed by atoms with Crippen molar-refractivity contribution in [3.63, 3.8) is 0 Å². The second-order valence-corrected chi connectivity index (χ2v) is 4.74. The lowest BCUT2D eigenvalue weighted by Gasteiger charge is -2.39. The lowest BCUT2D eigenvalue weighted by atomic mass is 9.84. The fourth-order valence-electron chi connectivity index (χ4n) is 2.07. The van der Waals surface area contributed by atoms with Crippen molar-refractivity contribution >= 4 is 11.9 Å². The minimum Gasteiger partial charge on any atom is -0.468 e. The van der Waals surface area contributed by atoms with E-state index in [9.17, 15) is 9.59 Å². The number of methoxy groups -OCH3 is 1. The van der Waals surface area contributed by atoms with Crippen LogP contribution in [0.2, 0.25) is 0 Å². The molecule has 19 heavy (non-hydrogen) atoms. The van der Waals surface area contributed by atoms with E-state index in [-0.39, 0.29) is 19.1 Å². The SMILES string of the molecule is COC(=O)C1(C(=O)N(C)Cc2ccc(C)o2)COC1. The molecular formula is C13H17NO5. The molecule has 6 heteroatoms. The van der Waals surface area contributed by atoms with Crippen molar-refractivity contribution in [1.82, 2.24) is 4.90 Å². The van der Waals surface area contributed by atoms with Gasteiger partial charge in [-0.1, -0.05) is 0 Å². The van der Waals surface area contributed by atoms with Crippen LogP contribution in [0.15, 0.2) is 16.5 Å². The topological polar surface area (TPSA) is 69.0 Å². The van der Waals surface area contributed by atoms with Crippen molar-refractivity contribution in [2.75, 3.05) is 27.4 Å². The third kappa shape index (κ3) is 2.35. The van der Waals surface area contributed by atoms with Gasteiger partial charge in [0.2, 0.25) is 5.91 Å². The summed E-state index contributed by atoms with van der Waals surface area (Å²) in [5.74, 6) is 0.602. The van der Waals surface area contributed by atoms with Gasteiger partial charge in [-0.05, 0) is 19.1 Å². The Bertz CT molecular complexity index is 489. The van der Waals surface area contributed by atoms with E-state index in [1.807, 2.05) is 13.0 Å². The Kier molecular flexibility index (Phi) is 3.61. The van der Waals surface area contributed by atoms with Crippen LogP contribution in [-0.4, -0.2) is 44.1 Å². The second kappa shape index (κ2) is 5.05. The molecule has 1 aromatic rings. The Balaban J connectivity index is 2.08. The van der Waals surface area contributed by atoms with Crippen LogP contribution < -0.4 is 0 Å². The number of carbonyl (C=O) groups is 2. The summed E-state index contributed by atoms with van der Waals surface area (Å²) in [5, 5.41) is 0. The summed E-state index contributed by atoms with van der Waals surface area (Å²) in [6.07, 6.45) is 0. The van der Waals surface area contributed by atoms with Gasteiger partial charge in [0.1, 0.15) is 11.5 Å². The van der Waals surface area contributed by atoms with Crippen molar-refractivity contribution in [2.24, 2.45) is 5.41 Å². The minimum absolute atomic E-state index is 0.0695. The van der Waals surface area contributed by atoms with E-state index >= 15 is 0 Å². The van der Waals surface area contributed by atoms with Crippen LogP contribution >= 0.6 is 0 Å². The maximum atomic E-state index is 12.4. The summed E-state index contributed by atoms with van der Waals surface area (Å²) < 4.78 is 15.1. The summed E-state index contributed by atoms with van der Waals surface area (Å²) in [4.78, 5) is 25.6. The Hall–Kier alpha value is -1.82. The van der Waals surface area contributed by atoms with E-state index in [0.29, 0.717) is 12.3 Å². The monoisotopic (exact) mass is 267 g/mol. The van der Waals surface area contributed by atoms with E-state index in [1.165, 1.54) is 12.0 Å². The summed E-state index contributed by atoms with van der Waals surface area (Å²) >= 11 is 0. The van der Waals surface area contributed by atoms with E-state index in [1.54, 1.807) is 13.1 Å². The molecule has 104 valence electrons. The molecular weight excluding hydrogens is 250 g/mol. The third-order valence-corrected chi connectivity index (χ3v) is 3.22. The molecule has 1 aliphatic heterocycles. The van der Waals surface area contributed by atoms with Crippen molar-refractivity contribution in [3.05, 3.63) is 23.7 Å². The number of nitrogens with zero attached hydrogens (tertiary/aromatic N) is 1. The zero-order valence-corrected chi connectivity index (χ0v) is 11.3. The van der Waals surface area contributed by atoms with Gasteiger partial charge < -0.3 is 18.8 Å². The van der Waals surface area contributed by atoms with Gasteiger partial charge in [0.15, 0.2) is 5.41 Å². The molecule has 1 aromatic heterocycles. The smallest absolute Gasteiger partial charge is 0.326 e. The molecule has 0 radical (unpaired) electrons. The van der Waals surface area contributed by atoms with Gasteiger partial charge in [0.05, 0.1) is 26.9 Å². The molecule has 0 spiro atoms. The number of rotatable bonds is 4. The second-order valence-electron chi connectivity index (χ2n) is 4.74. The number of hydrogen-bond donors (Lipinski definition) is 0. The molecule has 1 amide bonds. The highest BCUT2D eigenvalue weighted by atomic mass is 16.5. The highest BCUT2D eigenvalue weighted by Crippen LogP contribution is 2.31. The van der Waals surface area contributed by atoms with Gasteiger partial charge in [0, 0.05) is 7.05 Å². The number of carbonyl (C=O) groups excluding carboxylic acids is 2. The average molecular weight is 267 g/mol. The number of amides is 1. The van der Waals surface area contributed by atoms with Crippen LogP contribution in [-0.2, 0) is 25.6 Å². The van der Waals surface area contributed by atoms with Crippen molar-refractivity contribution in [1.29, 1.82) is 0 Å². The number of hydrogen-bond acceptors (Lipinski definition) is 5. The third-order valence-electron chi connectivity index (χ3n) is 3.22. The van der Waals surface area contributed by atoms with Gasteiger partial charge in [-0.3, -0.25) is 9.59 Å². The Morgan fingerprint density at radius 3 is 2.53 bits per heavy atom. The van der Waals surface area contributed by atoms with Gasteiger partial charge in [-0.2, -0.15) is 0 Å². The first-order valence-electron chi connectivity index (χ1n) is 5.96. The maximum Gasteiger partial charge on any atom is 0.326 e. The number of aryl methyl sites for hydroxylation is 1. The first-order chi connectivity index (χ1) is 8.99. The van der Waals surface area contributed by atoms with E-state index in [4.69, 9.17) is 13.9 Å². The maximum absolute atomic E-state index is 12.4. The fraction of sp³-hybridized carbons (Fsp3) is 0.538. The first-order valence-corrected chi connectivity index (χ1v) is 5.96. The van der Waals surface area contributed by atoms with E-state index in [0.717, 1.165) is 5.76 Å². The average Bonchev–Trinajstić information content (AvgIpc) is 2.72. The van der Waals surface area contributed by atoms with Gasteiger partial charge >= 0.3 is 5.97 Å². The van der Waals surface area contributed by atoms with Crippen LogP contribution in [0.4, 0.5) is 0 Å². The zero-order valence-electron chi connectivity index (χ0n) is 11.3. The lowest BCUT2D eigenvalue weighted by Crippen LogP contribution is -2.59. The molecule has 0 aliphatic carbocycles. The molecule has 2 heterocycles. The molecule has 1 aliphatic rings. The summed E-state index contributed by atoms with van der Waals surface area (Å²) in [6, 6.07) is 3.64. The summed E-state index contributed by atoms with van der Waals surface area (Å²) in [7, 11) is 2.90. The molecule has 1 fully saturated rings. The molecule has 0 saturated carbocycles. The van der Waals surface area contributed by atoms with Crippen molar-refractivity contribution in [3.8, 4) is 0 Å². The van der Waals surface area contributed by atoms with E-state index in [2.05, 4.69) is 0 Å². The lowest BCUT2D eigenvalue weighted by molar-refractivity contribution is -0.193. The molecule has 0 unspecified atom stereocenters. The highest BCUT2D eigenvalue weighted by molar-refractivity contribution is 6.03. The van der Waals surface area contributed by atoms with Crippen LogP contribution in [0.5, 0.6) is 0 Å². The molecule has 0 bridgehead atoms. The predicted octanol–water partition coefficient (Wildman–Crippen LogP) is 0.736. The van der Waals surface area contributed by atoms with Gasteiger partial charge in [-0.15, -0.1) is 0 Å². The Morgan fingerprint density at radius 2 is 2.11 bits per heavy atom. The summed E-state index contributed by atoms with van der Waals surface area (Å²) in [6.45, 7) is 2.28.